The summed E-state index contributed by atoms with van der Waals surface area (Å²) in [5, 5.41) is 14.2. The molecule has 0 spiro atoms. The summed E-state index contributed by atoms with van der Waals surface area (Å²) in [5.74, 6) is 0.169. The van der Waals surface area contributed by atoms with E-state index in [1.165, 1.54) is 17.7 Å². The summed E-state index contributed by atoms with van der Waals surface area (Å²) in [5.41, 5.74) is 3.05. The number of hydrogen-bond acceptors (Lipinski definition) is 4. The van der Waals surface area contributed by atoms with Crippen molar-refractivity contribution in [2.75, 3.05) is 6.54 Å². The van der Waals surface area contributed by atoms with Gasteiger partial charge in [0.15, 0.2) is 0 Å². The van der Waals surface area contributed by atoms with Crippen LogP contribution in [0.1, 0.15) is 23.6 Å². The van der Waals surface area contributed by atoms with Gasteiger partial charge in [0, 0.05) is 24.1 Å². The largest absolute Gasteiger partial charge is 0.508 e. The van der Waals surface area contributed by atoms with Gasteiger partial charge in [0.1, 0.15) is 11.3 Å². The molecule has 0 amide bonds. The van der Waals surface area contributed by atoms with Gasteiger partial charge in [0.05, 0.1) is 0 Å². The number of nitrogens with one attached hydrogen (secondary N) is 1. The Kier molecular flexibility index (Phi) is 4.96. The van der Waals surface area contributed by atoms with Crippen LogP contribution in [0.25, 0.3) is 11.0 Å². The van der Waals surface area contributed by atoms with Crippen molar-refractivity contribution in [2.24, 2.45) is 0 Å². The lowest BCUT2D eigenvalue weighted by molar-refractivity contribution is 0.466. The van der Waals surface area contributed by atoms with Gasteiger partial charge in [-0.2, -0.15) is 0 Å². The van der Waals surface area contributed by atoms with Crippen LogP contribution in [0.15, 0.2) is 57.7 Å². The van der Waals surface area contributed by atoms with Crippen LogP contribution in [0.5, 0.6) is 5.75 Å². The number of phenolic OH excluding ortho intramolecular Hbond substituents is 1. The van der Waals surface area contributed by atoms with Gasteiger partial charge in [0.25, 0.3) is 0 Å². The minimum absolute atomic E-state index is 0.169. The fraction of sp³-hybridized carbons (Fsp3) is 0.250. The van der Waals surface area contributed by atoms with Crippen molar-refractivity contribution >= 4 is 11.0 Å². The number of benzene rings is 2. The molecule has 2 aromatic carbocycles. The number of phenols is 1. The summed E-state index contributed by atoms with van der Waals surface area (Å²) >= 11 is 0. The van der Waals surface area contributed by atoms with Crippen LogP contribution in [0.2, 0.25) is 0 Å². The molecule has 24 heavy (non-hydrogen) atoms. The molecule has 2 N–H and O–H groups in total. The molecule has 4 heteroatoms. The zero-order valence-electron chi connectivity index (χ0n) is 13.7. The Morgan fingerprint density at radius 3 is 2.62 bits per heavy atom. The van der Waals surface area contributed by atoms with E-state index in [9.17, 15) is 9.90 Å². The number of rotatable bonds is 6. The lowest BCUT2D eigenvalue weighted by Crippen LogP contribution is -2.18. The molecule has 4 nitrogen and oxygen atoms in total. The molecule has 0 aliphatic carbocycles. The Morgan fingerprint density at radius 1 is 1.08 bits per heavy atom. The van der Waals surface area contributed by atoms with Crippen molar-refractivity contribution in [3.63, 3.8) is 0 Å². The molecule has 0 radical (unpaired) electrons. The highest BCUT2D eigenvalue weighted by molar-refractivity contribution is 5.82. The zero-order valence-corrected chi connectivity index (χ0v) is 13.7. The number of aryl methyl sites for hydroxylation is 1. The molecule has 0 aliphatic heterocycles. The Bertz CT molecular complexity index is 885. The topological polar surface area (TPSA) is 62.5 Å². The predicted molar refractivity (Wildman–Crippen MR) is 95.4 cm³/mol. The van der Waals surface area contributed by atoms with Gasteiger partial charge in [-0.15, -0.1) is 0 Å². The maximum Gasteiger partial charge on any atom is 0.336 e. The first-order chi connectivity index (χ1) is 11.7. The number of aromatic hydroxyl groups is 1. The van der Waals surface area contributed by atoms with Gasteiger partial charge in [-0.3, -0.25) is 0 Å². The maximum atomic E-state index is 11.7. The second-order valence-corrected chi connectivity index (χ2v) is 5.83. The van der Waals surface area contributed by atoms with Crippen LogP contribution < -0.4 is 10.9 Å². The summed E-state index contributed by atoms with van der Waals surface area (Å²) in [6, 6.07) is 15.2. The van der Waals surface area contributed by atoms with Crippen molar-refractivity contribution < 1.29 is 9.52 Å². The second kappa shape index (κ2) is 7.32. The van der Waals surface area contributed by atoms with E-state index in [0.717, 1.165) is 35.9 Å². The highest BCUT2D eigenvalue weighted by Gasteiger charge is 2.09. The first kappa shape index (κ1) is 16.3. The first-order valence-corrected chi connectivity index (χ1v) is 8.20. The van der Waals surface area contributed by atoms with Gasteiger partial charge in [-0.1, -0.05) is 37.3 Å². The van der Waals surface area contributed by atoms with Gasteiger partial charge >= 0.3 is 5.63 Å². The SMILES string of the molecule is CCc1cc2c(CNCCc3ccccc3)cc(=O)oc2cc1O. The van der Waals surface area contributed by atoms with Crippen molar-refractivity contribution in [3.8, 4) is 5.75 Å². The average molecular weight is 323 g/mol. The van der Waals surface area contributed by atoms with E-state index in [1.54, 1.807) is 0 Å². The normalized spacial score (nSPS) is 11.0. The minimum atomic E-state index is -0.397. The molecule has 3 aromatic rings. The smallest absolute Gasteiger partial charge is 0.336 e. The van der Waals surface area contributed by atoms with Crippen molar-refractivity contribution in [1.82, 2.24) is 5.32 Å². The van der Waals surface area contributed by atoms with Crippen molar-refractivity contribution in [2.45, 2.75) is 26.3 Å². The highest BCUT2D eigenvalue weighted by Crippen LogP contribution is 2.26. The van der Waals surface area contributed by atoms with Crippen LogP contribution >= 0.6 is 0 Å². The second-order valence-electron chi connectivity index (χ2n) is 5.83. The summed E-state index contributed by atoms with van der Waals surface area (Å²) in [7, 11) is 0. The van der Waals surface area contributed by atoms with E-state index in [4.69, 9.17) is 4.42 Å². The molecule has 124 valence electrons. The lowest BCUT2D eigenvalue weighted by atomic mass is 10.0. The van der Waals surface area contributed by atoms with Gasteiger partial charge < -0.3 is 14.8 Å². The average Bonchev–Trinajstić information content (AvgIpc) is 2.58. The van der Waals surface area contributed by atoms with E-state index in [0.29, 0.717) is 12.1 Å². The fourth-order valence-electron chi connectivity index (χ4n) is 2.84. The van der Waals surface area contributed by atoms with Crippen LogP contribution in [0.4, 0.5) is 0 Å². The molecular weight excluding hydrogens is 302 g/mol. The Balaban J connectivity index is 1.77. The van der Waals surface area contributed by atoms with Gasteiger partial charge in [-0.25, -0.2) is 4.79 Å². The number of fused-ring (bicyclic) bond motifs is 1. The molecular formula is C20H21NO3. The summed E-state index contributed by atoms with van der Waals surface area (Å²) in [6.07, 6.45) is 1.66. The van der Waals surface area contributed by atoms with Crippen LogP contribution in [-0.2, 0) is 19.4 Å². The van der Waals surface area contributed by atoms with Crippen LogP contribution in [-0.4, -0.2) is 11.7 Å². The third-order valence-corrected chi connectivity index (χ3v) is 4.16. The van der Waals surface area contributed by atoms with E-state index < -0.39 is 5.63 Å². The van der Waals surface area contributed by atoms with Gasteiger partial charge in [-0.05, 0) is 42.1 Å². The summed E-state index contributed by atoms with van der Waals surface area (Å²) < 4.78 is 5.21. The monoisotopic (exact) mass is 323 g/mol. The van der Waals surface area contributed by atoms with Crippen molar-refractivity contribution in [1.29, 1.82) is 0 Å². The van der Waals surface area contributed by atoms with Gasteiger partial charge in [0.2, 0.25) is 0 Å². The van der Waals surface area contributed by atoms with E-state index in [-0.39, 0.29) is 5.75 Å². The molecule has 0 saturated carbocycles. The maximum absolute atomic E-state index is 11.7. The molecule has 0 unspecified atom stereocenters. The molecule has 0 bridgehead atoms. The fourth-order valence-corrected chi connectivity index (χ4v) is 2.84. The van der Waals surface area contributed by atoms with E-state index >= 15 is 0 Å². The Morgan fingerprint density at radius 2 is 1.88 bits per heavy atom. The lowest BCUT2D eigenvalue weighted by Gasteiger charge is -2.10. The van der Waals surface area contributed by atoms with Crippen LogP contribution in [0, 0.1) is 0 Å². The number of hydrogen-bond donors (Lipinski definition) is 2. The third kappa shape index (κ3) is 3.66. The Hall–Kier alpha value is -2.59. The molecule has 0 atom stereocenters. The summed E-state index contributed by atoms with van der Waals surface area (Å²) in [4.78, 5) is 11.7. The molecule has 0 saturated heterocycles. The minimum Gasteiger partial charge on any atom is -0.508 e. The molecule has 3 rings (SSSR count). The summed E-state index contributed by atoms with van der Waals surface area (Å²) in [6.45, 7) is 3.39. The predicted octanol–water partition coefficient (Wildman–Crippen LogP) is 3.39. The quantitative estimate of drug-likeness (QED) is 0.539. The zero-order chi connectivity index (χ0) is 16.9. The Labute approximate surface area is 140 Å². The van der Waals surface area contributed by atoms with Crippen LogP contribution in [0.3, 0.4) is 0 Å². The van der Waals surface area contributed by atoms with E-state index in [1.807, 2.05) is 31.2 Å². The molecule has 0 aliphatic rings. The van der Waals surface area contributed by atoms with E-state index in [2.05, 4.69) is 17.4 Å². The molecule has 0 fully saturated rings. The standard InChI is InChI=1S/C20H21NO3/c1-2-15-10-17-16(11-20(23)24-19(17)12-18(15)22)13-21-9-8-14-6-4-3-5-7-14/h3-7,10-12,21-22H,2,8-9,13H2,1H3. The first-order valence-electron chi connectivity index (χ1n) is 8.20. The van der Waals surface area contributed by atoms with Crippen molar-refractivity contribution in [3.05, 3.63) is 75.6 Å². The third-order valence-electron chi connectivity index (χ3n) is 4.16. The highest BCUT2D eigenvalue weighted by atomic mass is 16.4. The molecule has 1 heterocycles. The molecule has 1 aromatic heterocycles.